The smallest absolute Gasteiger partial charge is 0.0890 e. The molecule has 0 saturated carbocycles. The fourth-order valence-electron chi connectivity index (χ4n) is 2.30. The molecule has 1 heterocycles. The van der Waals surface area contributed by atoms with Gasteiger partial charge < -0.3 is 0 Å². The molecule has 118 valence electrons. The third kappa shape index (κ3) is 3.71. The van der Waals surface area contributed by atoms with Crippen molar-refractivity contribution in [2.75, 3.05) is 0 Å². The van der Waals surface area contributed by atoms with Crippen LogP contribution in [0.25, 0.3) is 11.0 Å². The van der Waals surface area contributed by atoms with E-state index in [0.717, 1.165) is 22.4 Å². The van der Waals surface area contributed by atoms with Gasteiger partial charge in [-0.25, -0.2) is 9.97 Å². The Kier molecular flexibility index (Phi) is 4.95. The van der Waals surface area contributed by atoms with Gasteiger partial charge in [0, 0.05) is 26.4 Å². The first-order valence-corrected chi connectivity index (χ1v) is 9.29. The summed E-state index contributed by atoms with van der Waals surface area (Å²) in [5.41, 5.74) is 3.89. The Labute approximate surface area is 147 Å². The van der Waals surface area contributed by atoms with Crippen LogP contribution < -0.4 is 0 Å². The molecular formula is C17H14Cl2N2OS. The zero-order chi connectivity index (χ0) is 16.4. The number of nitrogens with zero attached hydrogens (tertiary/aromatic N) is 2. The molecule has 0 spiro atoms. The Hall–Kier alpha value is -1.49. The predicted octanol–water partition coefficient (Wildman–Crippen LogP) is 4.69. The van der Waals surface area contributed by atoms with Crippen LogP contribution in [0.5, 0.6) is 0 Å². The third-order valence-corrected chi connectivity index (χ3v) is 5.42. The summed E-state index contributed by atoms with van der Waals surface area (Å²) >= 11 is 12.3. The van der Waals surface area contributed by atoms with Gasteiger partial charge in [-0.3, -0.25) is 4.21 Å². The molecule has 3 nitrogen and oxygen atoms in total. The monoisotopic (exact) mass is 364 g/mol. The molecule has 3 aromatic rings. The van der Waals surface area contributed by atoms with Crippen LogP contribution in [-0.2, 0) is 22.3 Å². The van der Waals surface area contributed by atoms with Gasteiger partial charge in [-0.05, 0) is 31.2 Å². The lowest BCUT2D eigenvalue weighted by Gasteiger charge is -2.09. The minimum atomic E-state index is -1.17. The highest BCUT2D eigenvalue weighted by Gasteiger charge is 2.13. The van der Waals surface area contributed by atoms with E-state index in [1.807, 2.05) is 31.2 Å². The summed E-state index contributed by atoms with van der Waals surface area (Å²) < 4.78 is 12.5. The fourth-order valence-corrected chi connectivity index (χ4v) is 4.30. The van der Waals surface area contributed by atoms with Crippen molar-refractivity contribution in [2.45, 2.75) is 18.4 Å². The summed E-state index contributed by atoms with van der Waals surface area (Å²) in [7, 11) is -1.17. The van der Waals surface area contributed by atoms with Crippen molar-refractivity contribution in [2.24, 2.45) is 0 Å². The molecule has 0 amide bonds. The largest absolute Gasteiger partial charge is 0.259 e. The Bertz CT molecular complexity index is 879. The van der Waals surface area contributed by atoms with E-state index >= 15 is 0 Å². The van der Waals surface area contributed by atoms with Gasteiger partial charge in [-0.15, -0.1) is 0 Å². The van der Waals surface area contributed by atoms with E-state index in [2.05, 4.69) is 9.97 Å². The maximum atomic E-state index is 12.5. The van der Waals surface area contributed by atoms with Gasteiger partial charge in [0.25, 0.3) is 0 Å². The molecule has 1 unspecified atom stereocenters. The molecule has 0 saturated heterocycles. The van der Waals surface area contributed by atoms with Crippen molar-refractivity contribution in [3.05, 3.63) is 69.5 Å². The van der Waals surface area contributed by atoms with Crippen LogP contribution in [0.4, 0.5) is 0 Å². The number of benzene rings is 2. The summed E-state index contributed by atoms with van der Waals surface area (Å²) in [5, 5.41) is 1.07. The summed E-state index contributed by atoms with van der Waals surface area (Å²) in [6.45, 7) is 1.88. The normalized spacial score (nSPS) is 12.5. The highest BCUT2D eigenvalue weighted by molar-refractivity contribution is 7.83. The minimum absolute atomic E-state index is 0.298. The number of para-hydroxylation sites is 2. The quantitative estimate of drug-likeness (QED) is 0.673. The highest BCUT2D eigenvalue weighted by Crippen LogP contribution is 2.26. The molecule has 0 aliphatic carbocycles. The van der Waals surface area contributed by atoms with E-state index in [9.17, 15) is 4.21 Å². The standard InChI is InChI=1S/C17H14Cl2N2OS/c1-11-17(21-16-8-3-2-7-15(16)20-11)10-23(22)9-12-13(18)5-4-6-14(12)19/h2-8H,9-10H2,1H3. The van der Waals surface area contributed by atoms with Gasteiger partial charge in [0.1, 0.15) is 0 Å². The van der Waals surface area contributed by atoms with E-state index in [0.29, 0.717) is 27.1 Å². The molecule has 0 bridgehead atoms. The molecule has 6 heteroatoms. The maximum absolute atomic E-state index is 12.5. The fraction of sp³-hybridized carbons (Fsp3) is 0.176. The van der Waals surface area contributed by atoms with Crippen LogP contribution in [0.15, 0.2) is 42.5 Å². The highest BCUT2D eigenvalue weighted by atomic mass is 35.5. The van der Waals surface area contributed by atoms with Crippen molar-refractivity contribution in [3.8, 4) is 0 Å². The number of aryl methyl sites for hydroxylation is 1. The van der Waals surface area contributed by atoms with Crippen molar-refractivity contribution in [3.63, 3.8) is 0 Å². The molecular weight excluding hydrogens is 351 g/mol. The van der Waals surface area contributed by atoms with Crippen molar-refractivity contribution >= 4 is 45.0 Å². The Balaban J connectivity index is 1.84. The first-order valence-electron chi connectivity index (χ1n) is 7.04. The lowest BCUT2D eigenvalue weighted by Crippen LogP contribution is -2.05. The Morgan fingerprint density at radius 1 is 0.913 bits per heavy atom. The predicted molar refractivity (Wildman–Crippen MR) is 96.3 cm³/mol. The SMILES string of the molecule is Cc1nc2ccccc2nc1CS(=O)Cc1c(Cl)cccc1Cl. The molecule has 2 aromatic carbocycles. The average molecular weight is 365 g/mol. The Morgan fingerprint density at radius 3 is 2.17 bits per heavy atom. The number of fused-ring (bicyclic) bond motifs is 1. The number of rotatable bonds is 4. The van der Waals surface area contributed by atoms with Gasteiger partial charge >= 0.3 is 0 Å². The molecule has 23 heavy (non-hydrogen) atoms. The van der Waals surface area contributed by atoms with Crippen LogP contribution in [0, 0.1) is 6.92 Å². The number of hydrogen-bond acceptors (Lipinski definition) is 3. The van der Waals surface area contributed by atoms with Crippen LogP contribution in [0.1, 0.15) is 17.0 Å². The topological polar surface area (TPSA) is 42.9 Å². The summed E-state index contributed by atoms with van der Waals surface area (Å²) in [4.78, 5) is 9.10. The van der Waals surface area contributed by atoms with Crippen molar-refractivity contribution in [1.82, 2.24) is 9.97 Å². The molecule has 0 radical (unpaired) electrons. The van der Waals surface area contributed by atoms with E-state index in [-0.39, 0.29) is 0 Å². The third-order valence-electron chi connectivity index (χ3n) is 3.51. The van der Waals surface area contributed by atoms with Gasteiger partial charge in [-0.2, -0.15) is 0 Å². The zero-order valence-corrected chi connectivity index (χ0v) is 14.8. The number of hydrogen-bond donors (Lipinski definition) is 0. The molecule has 1 aromatic heterocycles. The summed E-state index contributed by atoms with van der Waals surface area (Å²) in [5.74, 6) is 0.623. The Morgan fingerprint density at radius 2 is 1.52 bits per heavy atom. The first kappa shape index (κ1) is 16.4. The summed E-state index contributed by atoms with van der Waals surface area (Å²) in [6, 6.07) is 12.9. The number of aromatic nitrogens is 2. The maximum Gasteiger partial charge on any atom is 0.0890 e. The van der Waals surface area contributed by atoms with Crippen LogP contribution >= 0.6 is 23.2 Å². The van der Waals surface area contributed by atoms with Crippen molar-refractivity contribution in [1.29, 1.82) is 0 Å². The zero-order valence-electron chi connectivity index (χ0n) is 12.4. The second-order valence-electron chi connectivity index (χ2n) is 5.17. The van der Waals surface area contributed by atoms with Crippen LogP contribution in [0.2, 0.25) is 10.0 Å². The van der Waals surface area contributed by atoms with Gasteiger partial charge in [0.15, 0.2) is 0 Å². The molecule has 0 N–H and O–H groups in total. The van der Waals surface area contributed by atoms with Gasteiger partial charge in [0.2, 0.25) is 0 Å². The lowest BCUT2D eigenvalue weighted by molar-refractivity contribution is 0.681. The van der Waals surface area contributed by atoms with E-state index in [1.54, 1.807) is 18.2 Å². The van der Waals surface area contributed by atoms with Crippen LogP contribution in [0.3, 0.4) is 0 Å². The number of halogens is 2. The van der Waals surface area contributed by atoms with Crippen molar-refractivity contribution < 1.29 is 4.21 Å². The molecule has 0 aliphatic heterocycles. The van der Waals surface area contributed by atoms with Crippen LogP contribution in [-0.4, -0.2) is 14.2 Å². The van der Waals surface area contributed by atoms with E-state index < -0.39 is 10.8 Å². The molecule has 0 aliphatic rings. The van der Waals surface area contributed by atoms with E-state index in [1.165, 1.54) is 0 Å². The second-order valence-corrected chi connectivity index (χ2v) is 7.44. The molecule has 1 atom stereocenters. The first-order chi connectivity index (χ1) is 11.0. The van der Waals surface area contributed by atoms with Gasteiger partial charge in [-0.1, -0.05) is 41.4 Å². The molecule has 3 rings (SSSR count). The van der Waals surface area contributed by atoms with Gasteiger partial charge in [0.05, 0.1) is 33.9 Å². The average Bonchev–Trinajstić information content (AvgIpc) is 2.52. The molecule has 0 fully saturated rings. The van der Waals surface area contributed by atoms with E-state index in [4.69, 9.17) is 23.2 Å². The minimum Gasteiger partial charge on any atom is -0.259 e. The lowest BCUT2D eigenvalue weighted by atomic mass is 10.2. The second kappa shape index (κ2) is 6.95. The summed E-state index contributed by atoms with van der Waals surface area (Å²) in [6.07, 6.45) is 0.